The van der Waals surface area contributed by atoms with E-state index in [9.17, 15) is 10.4 Å². The molecule has 1 saturated carbocycles. The van der Waals surface area contributed by atoms with E-state index in [1.165, 1.54) is 22.8 Å². The molecule has 2 heterocycles. The average Bonchev–Trinajstić information content (AvgIpc) is 3.03. The van der Waals surface area contributed by atoms with Gasteiger partial charge in [0.05, 0.1) is 12.3 Å². The smallest absolute Gasteiger partial charge is 0.224 e. The maximum absolute atomic E-state index is 9.96. The number of aryl methyl sites for hydroxylation is 1. The minimum Gasteiger partial charge on any atom is -0.392 e. The maximum Gasteiger partial charge on any atom is 0.224 e. The second-order valence-corrected chi connectivity index (χ2v) is 8.26. The van der Waals surface area contributed by atoms with Crippen LogP contribution in [0.5, 0.6) is 0 Å². The summed E-state index contributed by atoms with van der Waals surface area (Å²) < 4.78 is 2.27. The number of aromatic nitrogens is 3. The number of fused-ring (bicyclic) bond motifs is 1. The molecule has 7 heteroatoms. The number of aliphatic hydroxyl groups excluding tert-OH is 1. The van der Waals surface area contributed by atoms with Crippen LogP contribution in [0.4, 0.5) is 11.8 Å². The van der Waals surface area contributed by atoms with Gasteiger partial charge in [0, 0.05) is 37.2 Å². The van der Waals surface area contributed by atoms with Gasteiger partial charge in [-0.3, -0.25) is 0 Å². The van der Waals surface area contributed by atoms with Crippen LogP contribution >= 0.6 is 0 Å². The number of anilines is 2. The summed E-state index contributed by atoms with van der Waals surface area (Å²) in [6.45, 7) is 7.57. The SMILES string of the molecule is Cc1cc2ccccc2n1CCNc1ncc(C#N)c(N[C@@H]2C[C@H](O)C2(C)C)n1.[HH]. The topological polar surface area (TPSA) is 98.8 Å². The first-order valence-corrected chi connectivity index (χ1v) is 9.90. The van der Waals surface area contributed by atoms with Crippen LogP contribution in [0.15, 0.2) is 36.5 Å². The van der Waals surface area contributed by atoms with Gasteiger partial charge in [-0.25, -0.2) is 4.98 Å². The number of nitriles is 1. The first-order valence-electron chi connectivity index (χ1n) is 9.90. The number of nitrogens with zero attached hydrogens (tertiary/aromatic N) is 4. The zero-order valence-corrected chi connectivity index (χ0v) is 17.0. The summed E-state index contributed by atoms with van der Waals surface area (Å²) in [6, 6.07) is 12.7. The van der Waals surface area contributed by atoms with Crippen LogP contribution in [-0.4, -0.2) is 38.3 Å². The molecule has 0 radical (unpaired) electrons. The Kier molecular flexibility index (Phi) is 4.89. The number of para-hydroxylation sites is 1. The zero-order chi connectivity index (χ0) is 20.6. The third kappa shape index (κ3) is 3.52. The molecule has 4 rings (SSSR count). The molecule has 0 saturated heterocycles. The Morgan fingerprint density at radius 1 is 1.38 bits per heavy atom. The van der Waals surface area contributed by atoms with Crippen LogP contribution in [0.3, 0.4) is 0 Å². The van der Waals surface area contributed by atoms with E-state index in [0.717, 1.165) is 6.54 Å². The van der Waals surface area contributed by atoms with Crippen molar-refractivity contribution in [3.05, 3.63) is 47.8 Å². The normalized spacial score (nSPS) is 20.1. The predicted octanol–water partition coefficient (Wildman–Crippen LogP) is 3.54. The van der Waals surface area contributed by atoms with E-state index in [1.807, 2.05) is 26.0 Å². The van der Waals surface area contributed by atoms with Gasteiger partial charge in [0.1, 0.15) is 17.5 Å². The molecule has 2 atom stereocenters. The fraction of sp³-hybridized carbons (Fsp3) is 0.409. The molecule has 0 unspecified atom stereocenters. The lowest BCUT2D eigenvalue weighted by atomic mass is 9.64. The van der Waals surface area contributed by atoms with Crippen molar-refractivity contribution in [3.63, 3.8) is 0 Å². The summed E-state index contributed by atoms with van der Waals surface area (Å²) >= 11 is 0. The van der Waals surface area contributed by atoms with Gasteiger partial charge in [0.15, 0.2) is 0 Å². The van der Waals surface area contributed by atoms with Gasteiger partial charge in [-0.2, -0.15) is 10.2 Å². The molecule has 0 aliphatic heterocycles. The molecule has 1 aromatic carbocycles. The molecule has 29 heavy (non-hydrogen) atoms. The highest BCUT2D eigenvalue weighted by Gasteiger charge is 2.47. The minimum absolute atomic E-state index is 0. The summed E-state index contributed by atoms with van der Waals surface area (Å²) in [6.07, 6.45) is 1.84. The lowest BCUT2D eigenvalue weighted by Crippen LogP contribution is -2.57. The molecular weight excluding hydrogens is 364 g/mol. The van der Waals surface area contributed by atoms with Crippen molar-refractivity contribution in [2.45, 2.75) is 45.9 Å². The van der Waals surface area contributed by atoms with Crippen LogP contribution in [0.25, 0.3) is 10.9 Å². The third-order valence-corrected chi connectivity index (χ3v) is 6.07. The molecule has 1 aliphatic carbocycles. The summed E-state index contributed by atoms with van der Waals surface area (Å²) in [5.41, 5.74) is 2.57. The van der Waals surface area contributed by atoms with Crippen molar-refractivity contribution >= 4 is 22.7 Å². The fourth-order valence-corrected chi connectivity index (χ4v) is 3.90. The van der Waals surface area contributed by atoms with Gasteiger partial charge in [-0.1, -0.05) is 32.0 Å². The van der Waals surface area contributed by atoms with Crippen LogP contribution in [-0.2, 0) is 6.54 Å². The van der Waals surface area contributed by atoms with Crippen molar-refractivity contribution in [1.29, 1.82) is 5.26 Å². The lowest BCUT2D eigenvalue weighted by Gasteiger charge is -2.49. The number of benzene rings is 1. The van der Waals surface area contributed by atoms with Gasteiger partial charge >= 0.3 is 0 Å². The largest absolute Gasteiger partial charge is 0.392 e. The highest BCUT2D eigenvalue weighted by Crippen LogP contribution is 2.42. The maximum atomic E-state index is 9.96. The zero-order valence-electron chi connectivity index (χ0n) is 17.0. The molecule has 1 fully saturated rings. The van der Waals surface area contributed by atoms with E-state index in [4.69, 9.17) is 0 Å². The van der Waals surface area contributed by atoms with Gasteiger partial charge < -0.3 is 20.3 Å². The molecular formula is C22H28N6O. The van der Waals surface area contributed by atoms with E-state index < -0.39 is 0 Å². The van der Waals surface area contributed by atoms with Crippen molar-refractivity contribution in [3.8, 4) is 6.07 Å². The highest BCUT2D eigenvalue weighted by molar-refractivity contribution is 5.81. The summed E-state index contributed by atoms with van der Waals surface area (Å²) in [5, 5.41) is 27.2. The average molecular weight is 393 g/mol. The van der Waals surface area contributed by atoms with Crippen LogP contribution < -0.4 is 10.6 Å². The minimum atomic E-state index is -0.343. The third-order valence-electron chi connectivity index (χ3n) is 6.07. The van der Waals surface area contributed by atoms with Crippen molar-refractivity contribution in [1.82, 2.24) is 14.5 Å². The van der Waals surface area contributed by atoms with Crippen LogP contribution in [0, 0.1) is 23.7 Å². The molecule has 2 aromatic heterocycles. The Morgan fingerprint density at radius 2 is 2.17 bits per heavy atom. The van der Waals surface area contributed by atoms with Crippen molar-refractivity contribution in [2.75, 3.05) is 17.2 Å². The first kappa shape index (κ1) is 19.2. The molecule has 1 aliphatic rings. The Labute approximate surface area is 171 Å². The number of aliphatic hydroxyl groups is 1. The molecule has 3 aromatic rings. The number of hydrogen-bond donors (Lipinski definition) is 3. The van der Waals surface area contributed by atoms with E-state index in [-0.39, 0.29) is 19.0 Å². The number of rotatable bonds is 6. The second kappa shape index (κ2) is 7.37. The first-order chi connectivity index (χ1) is 13.9. The molecule has 7 nitrogen and oxygen atoms in total. The van der Waals surface area contributed by atoms with E-state index in [2.05, 4.69) is 56.4 Å². The van der Waals surface area contributed by atoms with Gasteiger partial charge in [-0.05, 0) is 30.9 Å². The van der Waals surface area contributed by atoms with Crippen LogP contribution in [0.2, 0.25) is 0 Å². The standard InChI is InChI=1S/C22H26N6O.H2/c1-14-10-15-6-4-5-7-17(15)28(14)9-8-24-21-25-13-16(12-23)20(27-21)26-18-11-19(29)22(18,2)3;/h4-7,10,13,18-19,29H,8-9,11H2,1-3H3,(H2,24,25,26,27);1H/t18-,19+;/m1./s1. The van der Waals surface area contributed by atoms with Gasteiger partial charge in [0.2, 0.25) is 5.95 Å². The number of nitrogens with one attached hydrogen (secondary N) is 2. The van der Waals surface area contributed by atoms with E-state index >= 15 is 0 Å². The Hall–Kier alpha value is -3.11. The van der Waals surface area contributed by atoms with E-state index in [0.29, 0.717) is 30.3 Å². The molecule has 0 spiro atoms. The van der Waals surface area contributed by atoms with E-state index in [1.54, 1.807) is 0 Å². The number of hydrogen-bond acceptors (Lipinski definition) is 6. The molecule has 0 bridgehead atoms. The Bertz CT molecular complexity index is 1090. The van der Waals surface area contributed by atoms with Crippen LogP contribution in [0.1, 0.15) is 33.0 Å². The van der Waals surface area contributed by atoms with Crippen molar-refractivity contribution < 1.29 is 6.53 Å². The highest BCUT2D eigenvalue weighted by atomic mass is 16.3. The summed E-state index contributed by atoms with van der Waals surface area (Å²) in [5.74, 6) is 0.996. The Morgan fingerprint density at radius 3 is 2.90 bits per heavy atom. The summed E-state index contributed by atoms with van der Waals surface area (Å²) in [7, 11) is 0. The monoisotopic (exact) mass is 392 g/mol. The Balaban J connectivity index is 0.00000256. The van der Waals surface area contributed by atoms with Crippen molar-refractivity contribution in [2.24, 2.45) is 5.41 Å². The molecule has 3 N–H and O–H groups in total. The summed E-state index contributed by atoms with van der Waals surface area (Å²) in [4.78, 5) is 8.79. The quantitative estimate of drug-likeness (QED) is 0.593. The molecule has 0 amide bonds. The van der Waals surface area contributed by atoms with Gasteiger partial charge in [-0.15, -0.1) is 0 Å². The fourth-order valence-electron chi connectivity index (χ4n) is 3.90. The van der Waals surface area contributed by atoms with Gasteiger partial charge in [0.25, 0.3) is 0 Å². The predicted molar refractivity (Wildman–Crippen MR) is 116 cm³/mol. The second-order valence-electron chi connectivity index (χ2n) is 8.26. The lowest BCUT2D eigenvalue weighted by molar-refractivity contribution is -0.0511. The molecule has 152 valence electrons.